The average molecular weight is 275 g/mol. The second-order valence-corrected chi connectivity index (χ2v) is 6.11. The van der Waals surface area contributed by atoms with Crippen LogP contribution < -0.4 is 4.74 Å². The minimum atomic E-state index is -0.467. The highest BCUT2D eigenvalue weighted by Crippen LogP contribution is 2.45. The van der Waals surface area contributed by atoms with Crippen LogP contribution in [0.4, 0.5) is 0 Å². The summed E-state index contributed by atoms with van der Waals surface area (Å²) in [7, 11) is 1.64. The van der Waals surface area contributed by atoms with Crippen molar-refractivity contribution in [1.82, 2.24) is 4.90 Å². The Hall–Kier alpha value is -1.39. The van der Waals surface area contributed by atoms with Crippen molar-refractivity contribution in [2.24, 2.45) is 5.92 Å². The number of rotatable bonds is 5. The molecule has 4 heteroatoms. The van der Waals surface area contributed by atoms with Crippen molar-refractivity contribution in [3.63, 3.8) is 0 Å². The zero-order valence-electron chi connectivity index (χ0n) is 12.1. The first-order valence-corrected chi connectivity index (χ1v) is 7.14. The predicted molar refractivity (Wildman–Crippen MR) is 75.9 cm³/mol. The normalized spacial score (nSPS) is 21.4. The number of carbonyl (C=O) groups excluding carboxylic acids is 1. The number of β-amino-alcohol motifs (C(OH)–C–C–N with tert-alkyl or cyclic N) is 1. The number of hydrogen-bond acceptors (Lipinski definition) is 4. The quantitative estimate of drug-likeness (QED) is 0.833. The summed E-state index contributed by atoms with van der Waals surface area (Å²) in [6.45, 7) is 3.75. The van der Waals surface area contributed by atoms with E-state index in [4.69, 9.17) is 4.74 Å². The maximum Gasteiger partial charge on any atom is 0.159 e. The highest BCUT2D eigenvalue weighted by atomic mass is 16.5. The topological polar surface area (TPSA) is 49.8 Å². The van der Waals surface area contributed by atoms with Gasteiger partial charge in [0, 0.05) is 30.8 Å². The molecule has 4 nitrogen and oxygen atoms in total. The first kappa shape index (κ1) is 13.6. The van der Waals surface area contributed by atoms with Gasteiger partial charge in [0.2, 0.25) is 0 Å². The van der Waals surface area contributed by atoms with Crippen LogP contribution >= 0.6 is 0 Å². The third-order valence-electron chi connectivity index (χ3n) is 4.41. The summed E-state index contributed by atoms with van der Waals surface area (Å²) in [6, 6.07) is 5.54. The monoisotopic (exact) mass is 275 g/mol. The van der Waals surface area contributed by atoms with Crippen molar-refractivity contribution < 1.29 is 14.6 Å². The maximum atomic E-state index is 11.5. The van der Waals surface area contributed by atoms with Crippen LogP contribution in [0.1, 0.15) is 35.7 Å². The van der Waals surface area contributed by atoms with Crippen LogP contribution in [0.3, 0.4) is 0 Å². The van der Waals surface area contributed by atoms with Gasteiger partial charge in [-0.25, -0.2) is 0 Å². The van der Waals surface area contributed by atoms with Gasteiger partial charge in [-0.05, 0) is 43.9 Å². The molecular formula is C16H21NO3. The highest BCUT2D eigenvalue weighted by Gasteiger charge is 2.51. The number of ether oxygens (including phenoxy) is 1. The summed E-state index contributed by atoms with van der Waals surface area (Å²) in [5, 5.41) is 10.3. The fraction of sp³-hybridized carbons (Fsp3) is 0.562. The maximum absolute atomic E-state index is 11.5. The minimum absolute atomic E-state index is 0.0620. The first-order valence-electron chi connectivity index (χ1n) is 7.14. The second kappa shape index (κ2) is 4.86. The van der Waals surface area contributed by atoms with Gasteiger partial charge in [0.1, 0.15) is 5.75 Å². The molecule has 0 radical (unpaired) electrons. The minimum Gasteiger partial charge on any atom is -0.496 e. The summed E-state index contributed by atoms with van der Waals surface area (Å²) in [4.78, 5) is 13.7. The van der Waals surface area contributed by atoms with Gasteiger partial charge in [-0.2, -0.15) is 0 Å². The molecule has 1 saturated heterocycles. The molecule has 108 valence electrons. The molecule has 2 aliphatic rings. The van der Waals surface area contributed by atoms with E-state index in [0.717, 1.165) is 43.8 Å². The predicted octanol–water partition coefficient (Wildman–Crippen LogP) is 1.85. The third kappa shape index (κ3) is 2.45. The largest absolute Gasteiger partial charge is 0.496 e. The molecule has 3 rings (SSSR count). The van der Waals surface area contributed by atoms with E-state index in [1.165, 1.54) is 0 Å². The van der Waals surface area contributed by atoms with E-state index >= 15 is 0 Å². The van der Waals surface area contributed by atoms with E-state index in [2.05, 4.69) is 4.90 Å². The van der Waals surface area contributed by atoms with Crippen molar-refractivity contribution in [2.45, 2.75) is 31.9 Å². The number of aliphatic hydroxyl groups is 1. The van der Waals surface area contributed by atoms with Gasteiger partial charge in [0.15, 0.2) is 5.78 Å². The molecular weight excluding hydrogens is 254 g/mol. The van der Waals surface area contributed by atoms with Gasteiger partial charge in [-0.1, -0.05) is 0 Å². The number of methoxy groups -OCH3 is 1. The molecule has 0 bridgehead atoms. The van der Waals surface area contributed by atoms with E-state index in [0.29, 0.717) is 11.5 Å². The molecule has 1 aromatic carbocycles. The molecule has 1 N–H and O–H groups in total. The van der Waals surface area contributed by atoms with Crippen LogP contribution in [0.2, 0.25) is 0 Å². The summed E-state index contributed by atoms with van der Waals surface area (Å²) in [5.74, 6) is 1.37. The van der Waals surface area contributed by atoms with E-state index in [1.54, 1.807) is 20.1 Å². The number of nitrogens with zero attached hydrogens (tertiary/aromatic N) is 1. The molecule has 1 aliphatic heterocycles. The molecule has 0 amide bonds. The van der Waals surface area contributed by atoms with Crippen LogP contribution in [0.15, 0.2) is 18.2 Å². The number of ketones is 1. The second-order valence-electron chi connectivity index (χ2n) is 6.11. The molecule has 1 aliphatic carbocycles. The van der Waals surface area contributed by atoms with Crippen LogP contribution in [0.5, 0.6) is 5.75 Å². The molecule has 1 saturated carbocycles. The molecule has 0 aromatic heterocycles. The summed E-state index contributed by atoms with van der Waals surface area (Å²) in [5.41, 5.74) is 1.25. The van der Waals surface area contributed by atoms with Gasteiger partial charge in [0.05, 0.1) is 12.7 Å². The Morgan fingerprint density at radius 3 is 2.70 bits per heavy atom. The summed E-state index contributed by atoms with van der Waals surface area (Å²) < 4.78 is 5.36. The van der Waals surface area contributed by atoms with Crippen LogP contribution in [0, 0.1) is 5.92 Å². The van der Waals surface area contributed by atoms with Gasteiger partial charge in [0.25, 0.3) is 0 Å². The van der Waals surface area contributed by atoms with Gasteiger partial charge >= 0.3 is 0 Å². The molecule has 1 aromatic rings. The lowest BCUT2D eigenvalue weighted by Crippen LogP contribution is -2.62. The van der Waals surface area contributed by atoms with Crippen molar-refractivity contribution in [3.8, 4) is 5.75 Å². The Kier molecular flexibility index (Phi) is 3.30. The zero-order valence-corrected chi connectivity index (χ0v) is 12.1. The Morgan fingerprint density at radius 2 is 2.15 bits per heavy atom. The lowest BCUT2D eigenvalue weighted by molar-refractivity contribution is -0.116. The number of hydrogen-bond donors (Lipinski definition) is 1. The lowest BCUT2D eigenvalue weighted by atomic mass is 9.88. The van der Waals surface area contributed by atoms with Crippen molar-refractivity contribution in [3.05, 3.63) is 29.3 Å². The Bertz CT molecular complexity index is 531. The molecule has 2 fully saturated rings. The molecule has 0 unspecified atom stereocenters. The Morgan fingerprint density at radius 1 is 1.45 bits per heavy atom. The summed E-state index contributed by atoms with van der Waals surface area (Å²) >= 11 is 0. The number of Topliss-reactive ketones (excluding diaryl/α,β-unsaturated/α-hetero) is 1. The van der Waals surface area contributed by atoms with Gasteiger partial charge < -0.3 is 9.84 Å². The Balaban J connectivity index is 1.70. The van der Waals surface area contributed by atoms with Crippen LogP contribution in [-0.4, -0.2) is 41.6 Å². The van der Waals surface area contributed by atoms with Gasteiger partial charge in [-0.3, -0.25) is 9.69 Å². The van der Waals surface area contributed by atoms with Crippen molar-refractivity contribution in [2.75, 3.05) is 20.2 Å². The third-order valence-corrected chi connectivity index (χ3v) is 4.41. The van der Waals surface area contributed by atoms with E-state index < -0.39 is 5.60 Å². The first-order chi connectivity index (χ1) is 9.51. The molecule has 1 heterocycles. The van der Waals surface area contributed by atoms with Crippen LogP contribution in [-0.2, 0) is 6.54 Å². The number of likely N-dealkylation sites (tertiary alicyclic amines) is 1. The fourth-order valence-electron chi connectivity index (χ4n) is 3.08. The number of benzene rings is 1. The van der Waals surface area contributed by atoms with E-state index in [9.17, 15) is 9.90 Å². The van der Waals surface area contributed by atoms with E-state index in [1.807, 2.05) is 12.1 Å². The SMILES string of the molecule is COc1ccc(C(C)=O)cc1CN1CC(O)(C2CC2)C1. The van der Waals surface area contributed by atoms with Gasteiger partial charge in [-0.15, -0.1) is 0 Å². The van der Waals surface area contributed by atoms with Crippen LogP contribution in [0.25, 0.3) is 0 Å². The zero-order chi connectivity index (χ0) is 14.3. The van der Waals surface area contributed by atoms with Crippen molar-refractivity contribution in [1.29, 1.82) is 0 Å². The number of carbonyl (C=O) groups is 1. The Labute approximate surface area is 119 Å². The molecule has 0 atom stereocenters. The lowest BCUT2D eigenvalue weighted by Gasteiger charge is -2.47. The molecule has 20 heavy (non-hydrogen) atoms. The average Bonchev–Trinajstić information content (AvgIpc) is 3.21. The molecule has 0 spiro atoms. The standard InChI is InChI=1S/C16H21NO3/c1-11(18)12-3-6-15(20-2)13(7-12)8-17-9-16(19,10-17)14-4-5-14/h3,6-7,14,19H,4-5,8-10H2,1-2H3. The summed E-state index contributed by atoms with van der Waals surface area (Å²) in [6.07, 6.45) is 2.32. The fourth-order valence-corrected chi connectivity index (χ4v) is 3.08. The van der Waals surface area contributed by atoms with E-state index in [-0.39, 0.29) is 5.78 Å². The smallest absolute Gasteiger partial charge is 0.159 e. The highest BCUT2D eigenvalue weighted by molar-refractivity contribution is 5.94. The van der Waals surface area contributed by atoms with Crippen molar-refractivity contribution >= 4 is 5.78 Å².